The zero-order valence-corrected chi connectivity index (χ0v) is 11.1. The average molecular weight is 300 g/mol. The first-order valence-electron chi connectivity index (χ1n) is 5.42. The Balaban J connectivity index is 2.32. The van der Waals surface area contributed by atoms with Crippen molar-refractivity contribution in [2.75, 3.05) is 24.5 Å². The van der Waals surface area contributed by atoms with Crippen LogP contribution in [0.1, 0.15) is 5.56 Å². The van der Waals surface area contributed by atoms with Crippen molar-refractivity contribution in [3.63, 3.8) is 0 Å². The summed E-state index contributed by atoms with van der Waals surface area (Å²) in [5, 5.41) is 12.3. The molecular formula is C11H14BrN3O2. The second-order valence-electron chi connectivity index (χ2n) is 4.07. The van der Waals surface area contributed by atoms with Gasteiger partial charge >= 0.3 is 5.97 Å². The van der Waals surface area contributed by atoms with Crippen LogP contribution in [0.4, 0.5) is 5.82 Å². The lowest BCUT2D eigenvalue weighted by atomic mass is 10.2. The predicted octanol–water partition coefficient (Wildman–Crippen LogP) is 1.02. The molecule has 0 aliphatic carbocycles. The Hall–Kier alpha value is -1.14. The van der Waals surface area contributed by atoms with Crippen molar-refractivity contribution >= 4 is 27.7 Å². The number of aliphatic carboxylic acids is 1. The van der Waals surface area contributed by atoms with E-state index < -0.39 is 12.0 Å². The fourth-order valence-electron chi connectivity index (χ4n) is 1.92. The molecule has 6 heteroatoms. The van der Waals surface area contributed by atoms with Crippen molar-refractivity contribution in [3.05, 3.63) is 22.3 Å². The van der Waals surface area contributed by atoms with E-state index in [0.29, 0.717) is 18.9 Å². The second-order valence-corrected chi connectivity index (χ2v) is 4.92. The number of hydrogen-bond donors (Lipinski definition) is 2. The van der Waals surface area contributed by atoms with Crippen molar-refractivity contribution in [2.24, 2.45) is 0 Å². The molecule has 1 aliphatic rings. The minimum Gasteiger partial charge on any atom is -0.480 e. The molecule has 2 heterocycles. The minimum atomic E-state index is -0.827. The predicted molar refractivity (Wildman–Crippen MR) is 68.3 cm³/mol. The maximum Gasteiger partial charge on any atom is 0.327 e. The van der Waals surface area contributed by atoms with Gasteiger partial charge in [0.25, 0.3) is 0 Å². The van der Waals surface area contributed by atoms with Gasteiger partial charge in [-0.3, -0.25) is 0 Å². The lowest BCUT2D eigenvalue weighted by molar-refractivity contribution is -0.138. The summed E-state index contributed by atoms with van der Waals surface area (Å²) in [5.74, 6) is -0.129. The molecule has 2 rings (SSSR count). The summed E-state index contributed by atoms with van der Waals surface area (Å²) in [4.78, 5) is 17.3. The first kappa shape index (κ1) is 12.3. The molecule has 5 nitrogen and oxygen atoms in total. The Morgan fingerprint density at radius 1 is 1.71 bits per heavy atom. The van der Waals surface area contributed by atoms with E-state index in [1.807, 2.05) is 17.9 Å². The van der Waals surface area contributed by atoms with Gasteiger partial charge in [-0.2, -0.15) is 0 Å². The maximum atomic E-state index is 11.2. The number of rotatable bonds is 2. The first-order chi connectivity index (χ1) is 8.09. The molecule has 1 aliphatic heterocycles. The van der Waals surface area contributed by atoms with Crippen LogP contribution in [0.15, 0.2) is 16.7 Å². The largest absolute Gasteiger partial charge is 0.480 e. The van der Waals surface area contributed by atoms with E-state index in [0.717, 1.165) is 16.6 Å². The molecular weight excluding hydrogens is 286 g/mol. The van der Waals surface area contributed by atoms with E-state index in [1.54, 1.807) is 6.20 Å². The lowest BCUT2D eigenvalue weighted by Crippen LogP contribution is -2.55. The number of nitrogens with zero attached hydrogens (tertiary/aromatic N) is 2. The van der Waals surface area contributed by atoms with Crippen molar-refractivity contribution < 1.29 is 9.90 Å². The maximum absolute atomic E-state index is 11.2. The molecule has 0 bridgehead atoms. The van der Waals surface area contributed by atoms with E-state index in [1.165, 1.54) is 0 Å². The molecule has 1 atom stereocenters. The number of halogens is 1. The number of anilines is 1. The fourth-order valence-corrected chi connectivity index (χ4v) is 2.61. The van der Waals surface area contributed by atoms with Gasteiger partial charge in [0, 0.05) is 25.8 Å². The van der Waals surface area contributed by atoms with Crippen LogP contribution in [0, 0.1) is 6.92 Å². The third-order valence-corrected chi connectivity index (χ3v) is 3.34. The summed E-state index contributed by atoms with van der Waals surface area (Å²) in [7, 11) is 0. The Labute approximate surface area is 108 Å². The van der Waals surface area contributed by atoms with E-state index in [9.17, 15) is 9.90 Å². The fraction of sp³-hybridized carbons (Fsp3) is 0.455. The van der Waals surface area contributed by atoms with Gasteiger partial charge in [0.1, 0.15) is 11.9 Å². The van der Waals surface area contributed by atoms with Gasteiger partial charge in [0.2, 0.25) is 0 Å². The van der Waals surface area contributed by atoms with Crippen LogP contribution in [-0.4, -0.2) is 41.7 Å². The molecule has 0 spiro atoms. The third-order valence-electron chi connectivity index (χ3n) is 2.76. The minimum absolute atomic E-state index is 0.442. The Kier molecular flexibility index (Phi) is 3.63. The van der Waals surface area contributed by atoms with E-state index in [2.05, 4.69) is 26.2 Å². The van der Waals surface area contributed by atoms with Crippen molar-refractivity contribution in [3.8, 4) is 0 Å². The van der Waals surface area contributed by atoms with Crippen LogP contribution in [0.25, 0.3) is 0 Å². The number of piperazine rings is 1. The molecule has 0 aromatic carbocycles. The van der Waals surface area contributed by atoms with Crippen LogP contribution in [0.3, 0.4) is 0 Å². The molecule has 1 unspecified atom stereocenters. The van der Waals surface area contributed by atoms with Crippen LogP contribution in [0.2, 0.25) is 0 Å². The van der Waals surface area contributed by atoms with Gasteiger partial charge < -0.3 is 15.3 Å². The second kappa shape index (κ2) is 5.01. The molecule has 0 amide bonds. The number of carboxylic acids is 1. The van der Waals surface area contributed by atoms with Gasteiger partial charge in [0.05, 0.1) is 4.47 Å². The topological polar surface area (TPSA) is 65.5 Å². The smallest absolute Gasteiger partial charge is 0.327 e. The molecule has 17 heavy (non-hydrogen) atoms. The van der Waals surface area contributed by atoms with Crippen molar-refractivity contribution in [1.82, 2.24) is 10.3 Å². The Morgan fingerprint density at radius 2 is 2.47 bits per heavy atom. The van der Waals surface area contributed by atoms with Gasteiger partial charge in [-0.15, -0.1) is 0 Å². The summed E-state index contributed by atoms with van der Waals surface area (Å²) < 4.78 is 0.839. The number of hydrogen-bond acceptors (Lipinski definition) is 4. The highest BCUT2D eigenvalue weighted by molar-refractivity contribution is 9.10. The number of aromatic nitrogens is 1. The van der Waals surface area contributed by atoms with Crippen molar-refractivity contribution in [1.29, 1.82) is 0 Å². The Bertz CT molecular complexity index is 439. The molecule has 2 N–H and O–H groups in total. The monoisotopic (exact) mass is 299 g/mol. The van der Waals surface area contributed by atoms with E-state index >= 15 is 0 Å². The Morgan fingerprint density at radius 3 is 3.12 bits per heavy atom. The molecule has 0 saturated carbocycles. The summed E-state index contributed by atoms with van der Waals surface area (Å²) in [6.07, 6.45) is 1.75. The number of pyridine rings is 1. The lowest BCUT2D eigenvalue weighted by Gasteiger charge is -2.34. The SMILES string of the molecule is Cc1cnc(N2CCNCC2C(=O)O)c(Br)c1. The van der Waals surface area contributed by atoms with Gasteiger partial charge in [-0.1, -0.05) is 0 Å². The van der Waals surface area contributed by atoms with Crippen molar-refractivity contribution in [2.45, 2.75) is 13.0 Å². The molecule has 1 aromatic heterocycles. The number of carbonyl (C=O) groups is 1. The van der Waals surface area contributed by atoms with Crippen LogP contribution in [-0.2, 0) is 4.79 Å². The van der Waals surface area contributed by atoms with Gasteiger partial charge in [0.15, 0.2) is 0 Å². The molecule has 1 fully saturated rings. The third kappa shape index (κ3) is 2.58. The summed E-state index contributed by atoms with van der Waals surface area (Å²) in [6.45, 7) is 3.81. The number of nitrogens with one attached hydrogen (secondary N) is 1. The van der Waals surface area contributed by atoms with Crippen LogP contribution in [0.5, 0.6) is 0 Å². The summed E-state index contributed by atoms with van der Waals surface area (Å²) in [5.41, 5.74) is 1.04. The highest BCUT2D eigenvalue weighted by Gasteiger charge is 2.30. The highest BCUT2D eigenvalue weighted by atomic mass is 79.9. The van der Waals surface area contributed by atoms with Gasteiger partial charge in [-0.05, 0) is 34.5 Å². The zero-order valence-electron chi connectivity index (χ0n) is 9.48. The molecule has 1 saturated heterocycles. The average Bonchev–Trinajstić information content (AvgIpc) is 2.29. The van der Waals surface area contributed by atoms with E-state index in [4.69, 9.17) is 0 Å². The number of carboxylic acid groups (broad SMARTS) is 1. The first-order valence-corrected chi connectivity index (χ1v) is 6.21. The molecule has 1 aromatic rings. The number of aryl methyl sites for hydroxylation is 1. The summed E-state index contributed by atoms with van der Waals surface area (Å²) >= 11 is 3.44. The summed E-state index contributed by atoms with van der Waals surface area (Å²) in [6, 6.07) is 1.39. The van der Waals surface area contributed by atoms with Gasteiger partial charge in [-0.25, -0.2) is 9.78 Å². The molecule has 0 radical (unpaired) electrons. The zero-order chi connectivity index (χ0) is 12.4. The highest BCUT2D eigenvalue weighted by Crippen LogP contribution is 2.26. The van der Waals surface area contributed by atoms with Crippen LogP contribution >= 0.6 is 15.9 Å². The standard InChI is InChI=1S/C11H14BrN3O2/c1-7-4-8(12)10(14-5-7)15-3-2-13-6-9(15)11(16)17/h4-5,9,13H,2-3,6H2,1H3,(H,16,17). The van der Waals surface area contributed by atoms with Crippen LogP contribution < -0.4 is 10.2 Å². The normalized spacial score (nSPS) is 20.4. The molecule has 92 valence electrons. The quantitative estimate of drug-likeness (QED) is 0.853. The van der Waals surface area contributed by atoms with E-state index in [-0.39, 0.29) is 0 Å².